The Bertz CT molecular complexity index is 721. The maximum atomic E-state index is 13.1. The standard InChI is InChI=1S/C21H28FNO4/c1-15(16-7-9-17(22)10-8-16)11-13-21(18(24)26-5)12-6-14-23(21)19(25)27-20(2,3)4/h7-11H,6,12-14H2,1-5H3/b15-11+. The Hall–Kier alpha value is -2.37. The summed E-state index contributed by atoms with van der Waals surface area (Å²) in [5, 5.41) is 0. The van der Waals surface area contributed by atoms with Crippen LogP contribution in [0.4, 0.5) is 9.18 Å². The van der Waals surface area contributed by atoms with E-state index in [4.69, 9.17) is 9.47 Å². The highest BCUT2D eigenvalue weighted by Gasteiger charge is 2.51. The van der Waals surface area contributed by atoms with E-state index in [0.717, 1.165) is 11.1 Å². The molecule has 1 atom stereocenters. The minimum Gasteiger partial charge on any atom is -0.467 e. The molecule has 1 fully saturated rings. The molecule has 0 bridgehead atoms. The van der Waals surface area contributed by atoms with Crippen LogP contribution in [0, 0.1) is 5.82 Å². The molecule has 1 saturated heterocycles. The Morgan fingerprint density at radius 3 is 2.44 bits per heavy atom. The number of benzene rings is 1. The van der Waals surface area contributed by atoms with Gasteiger partial charge in [-0.3, -0.25) is 4.90 Å². The number of esters is 1. The molecule has 6 heteroatoms. The molecular formula is C21H28FNO4. The topological polar surface area (TPSA) is 55.8 Å². The van der Waals surface area contributed by atoms with E-state index in [0.29, 0.717) is 25.8 Å². The van der Waals surface area contributed by atoms with Crippen LogP contribution in [0.1, 0.15) is 52.5 Å². The van der Waals surface area contributed by atoms with Gasteiger partial charge in [0, 0.05) is 13.0 Å². The van der Waals surface area contributed by atoms with Crippen LogP contribution in [0.15, 0.2) is 30.3 Å². The van der Waals surface area contributed by atoms with Crippen LogP contribution in [0.5, 0.6) is 0 Å². The highest BCUT2D eigenvalue weighted by Crippen LogP contribution is 2.36. The van der Waals surface area contributed by atoms with Crippen molar-refractivity contribution >= 4 is 17.6 Å². The fourth-order valence-electron chi connectivity index (χ4n) is 3.31. The van der Waals surface area contributed by atoms with E-state index >= 15 is 0 Å². The van der Waals surface area contributed by atoms with Crippen LogP contribution in [0.25, 0.3) is 5.57 Å². The number of carbonyl (C=O) groups is 2. The molecule has 5 nitrogen and oxygen atoms in total. The van der Waals surface area contributed by atoms with Crippen molar-refractivity contribution in [2.75, 3.05) is 13.7 Å². The van der Waals surface area contributed by atoms with Crippen molar-refractivity contribution in [2.45, 2.75) is 58.1 Å². The number of allylic oxidation sites excluding steroid dienone is 1. The highest BCUT2D eigenvalue weighted by molar-refractivity contribution is 5.87. The molecule has 2 rings (SSSR count). The van der Waals surface area contributed by atoms with Gasteiger partial charge in [0.2, 0.25) is 0 Å². The summed E-state index contributed by atoms with van der Waals surface area (Å²) in [5.41, 5.74) is 0.0207. The third kappa shape index (κ3) is 4.87. The number of likely N-dealkylation sites (tertiary alicyclic amines) is 1. The predicted molar refractivity (Wildman–Crippen MR) is 102 cm³/mol. The van der Waals surface area contributed by atoms with Gasteiger partial charge in [-0.1, -0.05) is 18.2 Å². The van der Waals surface area contributed by atoms with E-state index < -0.39 is 23.2 Å². The Labute approximate surface area is 160 Å². The molecule has 1 aliphatic heterocycles. The summed E-state index contributed by atoms with van der Waals surface area (Å²) in [4.78, 5) is 26.8. The lowest BCUT2D eigenvalue weighted by atomic mass is 9.90. The monoisotopic (exact) mass is 377 g/mol. The molecule has 1 unspecified atom stereocenters. The van der Waals surface area contributed by atoms with E-state index in [1.807, 2.05) is 13.0 Å². The lowest BCUT2D eigenvalue weighted by Gasteiger charge is -2.36. The zero-order valence-corrected chi connectivity index (χ0v) is 16.7. The van der Waals surface area contributed by atoms with Crippen molar-refractivity contribution in [1.29, 1.82) is 0 Å². The average molecular weight is 377 g/mol. The Balaban J connectivity index is 2.30. The molecule has 0 saturated carbocycles. The van der Waals surface area contributed by atoms with Crippen molar-refractivity contribution in [1.82, 2.24) is 4.90 Å². The van der Waals surface area contributed by atoms with Gasteiger partial charge >= 0.3 is 12.1 Å². The first kappa shape index (κ1) is 20.9. The summed E-state index contributed by atoms with van der Waals surface area (Å²) in [6.07, 6.45) is 2.89. The fourth-order valence-corrected chi connectivity index (χ4v) is 3.31. The molecular weight excluding hydrogens is 349 g/mol. The molecule has 1 aromatic rings. The lowest BCUT2D eigenvalue weighted by Crippen LogP contribution is -2.54. The first-order valence-electron chi connectivity index (χ1n) is 9.11. The fraction of sp³-hybridized carbons (Fsp3) is 0.524. The number of carbonyl (C=O) groups excluding carboxylic acids is 2. The van der Waals surface area contributed by atoms with E-state index in [9.17, 15) is 14.0 Å². The molecule has 1 aliphatic rings. The molecule has 27 heavy (non-hydrogen) atoms. The summed E-state index contributed by atoms with van der Waals surface area (Å²) in [5.74, 6) is -0.751. The number of hydrogen-bond acceptors (Lipinski definition) is 4. The van der Waals surface area contributed by atoms with Crippen LogP contribution in [0.3, 0.4) is 0 Å². The molecule has 0 radical (unpaired) electrons. The van der Waals surface area contributed by atoms with Gasteiger partial charge in [-0.25, -0.2) is 14.0 Å². The molecule has 0 aliphatic carbocycles. The van der Waals surface area contributed by atoms with Crippen LogP contribution in [-0.2, 0) is 14.3 Å². The number of rotatable bonds is 4. The van der Waals surface area contributed by atoms with Crippen molar-refractivity contribution in [3.63, 3.8) is 0 Å². The Morgan fingerprint density at radius 1 is 1.26 bits per heavy atom. The second-order valence-electron chi connectivity index (χ2n) is 7.86. The molecule has 1 aromatic carbocycles. The summed E-state index contributed by atoms with van der Waals surface area (Å²) in [6.45, 7) is 7.70. The van der Waals surface area contributed by atoms with Crippen LogP contribution >= 0.6 is 0 Å². The third-order valence-electron chi connectivity index (χ3n) is 4.71. The van der Waals surface area contributed by atoms with Crippen LogP contribution in [0.2, 0.25) is 0 Å². The second kappa shape index (κ2) is 8.11. The predicted octanol–water partition coefficient (Wildman–Crippen LogP) is 4.56. The van der Waals surface area contributed by atoms with Gasteiger partial charge in [0.25, 0.3) is 0 Å². The average Bonchev–Trinajstić information content (AvgIpc) is 3.03. The van der Waals surface area contributed by atoms with Crippen molar-refractivity contribution in [2.24, 2.45) is 0 Å². The minimum absolute atomic E-state index is 0.301. The number of methoxy groups -OCH3 is 1. The zero-order valence-electron chi connectivity index (χ0n) is 16.7. The van der Waals surface area contributed by atoms with Gasteiger partial charge in [0.15, 0.2) is 0 Å². The van der Waals surface area contributed by atoms with Gasteiger partial charge in [-0.2, -0.15) is 0 Å². The van der Waals surface area contributed by atoms with Crippen molar-refractivity contribution in [3.8, 4) is 0 Å². The van der Waals surface area contributed by atoms with E-state index in [2.05, 4.69) is 0 Å². The Morgan fingerprint density at radius 2 is 1.89 bits per heavy atom. The van der Waals surface area contributed by atoms with Gasteiger partial charge in [-0.05, 0) is 63.8 Å². The summed E-state index contributed by atoms with van der Waals surface area (Å²) in [6, 6.07) is 6.16. The summed E-state index contributed by atoms with van der Waals surface area (Å²) < 4.78 is 23.7. The molecule has 1 heterocycles. The molecule has 148 valence electrons. The molecule has 0 N–H and O–H groups in total. The summed E-state index contributed by atoms with van der Waals surface area (Å²) >= 11 is 0. The number of amides is 1. The SMILES string of the molecule is COC(=O)C1(C/C=C(\C)c2ccc(F)cc2)CCCN1C(=O)OC(C)(C)C. The van der Waals surface area contributed by atoms with E-state index in [-0.39, 0.29) is 5.82 Å². The maximum absolute atomic E-state index is 13.1. The van der Waals surface area contributed by atoms with E-state index in [1.165, 1.54) is 24.1 Å². The quantitative estimate of drug-likeness (QED) is 0.722. The number of hydrogen-bond donors (Lipinski definition) is 0. The third-order valence-corrected chi connectivity index (χ3v) is 4.71. The van der Waals surface area contributed by atoms with Gasteiger partial charge < -0.3 is 9.47 Å². The summed E-state index contributed by atoms with van der Waals surface area (Å²) in [7, 11) is 1.33. The lowest BCUT2D eigenvalue weighted by molar-refractivity contribution is -0.153. The molecule has 1 amide bonds. The normalized spacial score (nSPS) is 20.5. The molecule has 0 spiro atoms. The molecule has 0 aromatic heterocycles. The van der Waals surface area contributed by atoms with Crippen LogP contribution in [-0.4, -0.2) is 41.8 Å². The second-order valence-corrected chi connectivity index (χ2v) is 7.86. The largest absolute Gasteiger partial charge is 0.467 e. The highest BCUT2D eigenvalue weighted by atomic mass is 19.1. The first-order chi connectivity index (χ1) is 12.6. The van der Waals surface area contributed by atoms with Crippen LogP contribution < -0.4 is 0 Å². The van der Waals surface area contributed by atoms with Gasteiger partial charge in [-0.15, -0.1) is 0 Å². The van der Waals surface area contributed by atoms with Gasteiger partial charge in [0.1, 0.15) is 17.0 Å². The van der Waals surface area contributed by atoms with E-state index in [1.54, 1.807) is 32.9 Å². The first-order valence-corrected chi connectivity index (χ1v) is 9.11. The zero-order chi connectivity index (χ0) is 20.2. The number of nitrogens with zero attached hydrogens (tertiary/aromatic N) is 1. The number of ether oxygens (including phenoxy) is 2. The minimum atomic E-state index is -1.08. The Kier molecular flexibility index (Phi) is 6.29. The smallest absolute Gasteiger partial charge is 0.411 e. The number of halogens is 1. The van der Waals surface area contributed by atoms with Crippen molar-refractivity contribution in [3.05, 3.63) is 41.7 Å². The maximum Gasteiger partial charge on any atom is 0.411 e. The van der Waals surface area contributed by atoms with Crippen molar-refractivity contribution < 1.29 is 23.5 Å². The van der Waals surface area contributed by atoms with Gasteiger partial charge in [0.05, 0.1) is 7.11 Å².